The Hall–Kier alpha value is -2.14. The minimum atomic E-state index is -0.813. The van der Waals surface area contributed by atoms with Crippen molar-refractivity contribution in [2.45, 2.75) is 33.4 Å². The lowest BCUT2D eigenvalue weighted by Crippen LogP contribution is -2.10. The van der Waals surface area contributed by atoms with E-state index in [2.05, 4.69) is 10.4 Å². The maximum Gasteiger partial charge on any atom is 0.307 e. The maximum absolute atomic E-state index is 11.0. The molecule has 0 unspecified atom stereocenters. The smallest absolute Gasteiger partial charge is 0.307 e. The number of carboxylic acids is 1. The Bertz CT molecular complexity index is 647. The van der Waals surface area contributed by atoms with Gasteiger partial charge in [0.1, 0.15) is 0 Å². The highest BCUT2D eigenvalue weighted by atomic mass is 16.4. The molecule has 0 aliphatic carbocycles. The maximum atomic E-state index is 11.0. The van der Waals surface area contributed by atoms with Crippen molar-refractivity contribution in [1.82, 2.24) is 15.1 Å². The molecule has 0 atom stereocenters. The van der Waals surface area contributed by atoms with E-state index in [1.807, 2.05) is 49.8 Å². The van der Waals surface area contributed by atoms with Crippen molar-refractivity contribution in [2.24, 2.45) is 0 Å². The summed E-state index contributed by atoms with van der Waals surface area (Å²) in [5.41, 5.74) is 5.17. The van der Waals surface area contributed by atoms with Gasteiger partial charge < -0.3 is 10.4 Å². The van der Waals surface area contributed by atoms with E-state index in [4.69, 9.17) is 5.11 Å². The van der Waals surface area contributed by atoms with Gasteiger partial charge in [0.25, 0.3) is 0 Å². The first-order valence-corrected chi connectivity index (χ1v) is 6.99. The molecule has 1 aromatic carbocycles. The molecule has 0 spiro atoms. The second-order valence-electron chi connectivity index (χ2n) is 5.18. The molecule has 2 N–H and O–H groups in total. The molecule has 0 radical (unpaired) electrons. The molecule has 5 nitrogen and oxygen atoms in total. The second kappa shape index (κ2) is 6.54. The van der Waals surface area contributed by atoms with Crippen LogP contribution >= 0.6 is 0 Å². The molecule has 5 heteroatoms. The number of aliphatic carboxylic acids is 1. The van der Waals surface area contributed by atoms with Crippen LogP contribution in [0.3, 0.4) is 0 Å². The lowest BCUT2D eigenvalue weighted by atomic mass is 10.0. The van der Waals surface area contributed by atoms with Crippen LogP contribution in [0.4, 0.5) is 0 Å². The van der Waals surface area contributed by atoms with Crippen LogP contribution in [0.1, 0.15) is 28.1 Å². The standard InChI is InChI=1S/C16H21N3O2/c1-11-15(9-17-3)12(2)19(18-11)10-14-7-5-4-6-13(14)8-16(20)21/h4-7,17H,8-10H2,1-3H3,(H,20,21). The molecule has 112 valence electrons. The summed E-state index contributed by atoms with van der Waals surface area (Å²) in [4.78, 5) is 11.0. The third-order valence-corrected chi connectivity index (χ3v) is 3.67. The second-order valence-corrected chi connectivity index (χ2v) is 5.18. The van der Waals surface area contributed by atoms with Crippen molar-refractivity contribution in [2.75, 3.05) is 7.05 Å². The normalized spacial score (nSPS) is 10.8. The third kappa shape index (κ3) is 3.49. The van der Waals surface area contributed by atoms with Crippen molar-refractivity contribution in [3.05, 3.63) is 52.3 Å². The monoisotopic (exact) mass is 287 g/mol. The van der Waals surface area contributed by atoms with Crippen molar-refractivity contribution in [1.29, 1.82) is 0 Å². The number of carbonyl (C=O) groups is 1. The summed E-state index contributed by atoms with van der Waals surface area (Å²) in [7, 11) is 1.92. The Morgan fingerprint density at radius 1 is 1.29 bits per heavy atom. The fourth-order valence-electron chi connectivity index (χ4n) is 2.53. The van der Waals surface area contributed by atoms with E-state index in [0.717, 1.165) is 29.1 Å². The average molecular weight is 287 g/mol. The van der Waals surface area contributed by atoms with E-state index in [9.17, 15) is 4.79 Å². The molecular formula is C16H21N3O2. The SMILES string of the molecule is CNCc1c(C)nn(Cc2ccccc2CC(=O)O)c1C. The molecule has 2 rings (SSSR count). The van der Waals surface area contributed by atoms with Gasteiger partial charge in [-0.05, 0) is 32.0 Å². The topological polar surface area (TPSA) is 67.2 Å². The molecular weight excluding hydrogens is 266 g/mol. The van der Waals surface area contributed by atoms with Crippen LogP contribution < -0.4 is 5.32 Å². The number of benzene rings is 1. The Balaban J connectivity index is 2.30. The van der Waals surface area contributed by atoms with Gasteiger partial charge in [-0.15, -0.1) is 0 Å². The molecule has 0 fully saturated rings. The average Bonchev–Trinajstić information content (AvgIpc) is 2.69. The Labute approximate surface area is 124 Å². The van der Waals surface area contributed by atoms with Gasteiger partial charge in [-0.1, -0.05) is 24.3 Å². The van der Waals surface area contributed by atoms with E-state index in [0.29, 0.717) is 6.54 Å². The molecule has 0 saturated carbocycles. The lowest BCUT2D eigenvalue weighted by Gasteiger charge is -2.10. The van der Waals surface area contributed by atoms with Crippen molar-refractivity contribution in [3.63, 3.8) is 0 Å². The number of nitrogens with one attached hydrogen (secondary N) is 1. The van der Waals surface area contributed by atoms with Crippen LogP contribution in [0.15, 0.2) is 24.3 Å². The van der Waals surface area contributed by atoms with Gasteiger partial charge in [-0.25, -0.2) is 0 Å². The van der Waals surface area contributed by atoms with Gasteiger partial charge in [0.2, 0.25) is 0 Å². The summed E-state index contributed by atoms with van der Waals surface area (Å²) >= 11 is 0. The Kier molecular flexibility index (Phi) is 4.75. The number of nitrogens with zero attached hydrogens (tertiary/aromatic N) is 2. The van der Waals surface area contributed by atoms with Gasteiger partial charge in [-0.3, -0.25) is 9.48 Å². The van der Waals surface area contributed by atoms with Crippen molar-refractivity contribution >= 4 is 5.97 Å². The molecule has 0 amide bonds. The molecule has 0 bridgehead atoms. The summed E-state index contributed by atoms with van der Waals surface area (Å²) in [6.45, 7) is 5.43. The van der Waals surface area contributed by atoms with Crippen LogP contribution in [0.25, 0.3) is 0 Å². The van der Waals surface area contributed by atoms with Crippen molar-refractivity contribution < 1.29 is 9.90 Å². The number of carboxylic acid groups (broad SMARTS) is 1. The van der Waals surface area contributed by atoms with E-state index >= 15 is 0 Å². The predicted molar refractivity (Wildman–Crippen MR) is 81.3 cm³/mol. The van der Waals surface area contributed by atoms with Gasteiger partial charge in [0.05, 0.1) is 18.7 Å². The van der Waals surface area contributed by atoms with Crippen LogP contribution in [-0.2, 0) is 24.3 Å². The zero-order valence-electron chi connectivity index (χ0n) is 12.7. The fraction of sp³-hybridized carbons (Fsp3) is 0.375. The molecule has 1 aromatic heterocycles. The molecule has 0 aliphatic heterocycles. The van der Waals surface area contributed by atoms with E-state index in [1.54, 1.807) is 0 Å². The number of hydrogen-bond acceptors (Lipinski definition) is 3. The minimum Gasteiger partial charge on any atom is -0.481 e. The van der Waals surface area contributed by atoms with E-state index in [1.165, 1.54) is 5.56 Å². The van der Waals surface area contributed by atoms with Gasteiger partial charge in [0, 0.05) is 17.8 Å². The fourth-order valence-corrected chi connectivity index (χ4v) is 2.53. The highest BCUT2D eigenvalue weighted by molar-refractivity contribution is 5.70. The van der Waals surface area contributed by atoms with E-state index in [-0.39, 0.29) is 6.42 Å². The summed E-state index contributed by atoms with van der Waals surface area (Å²) in [6, 6.07) is 7.63. The zero-order chi connectivity index (χ0) is 15.4. The molecule has 2 aromatic rings. The summed E-state index contributed by atoms with van der Waals surface area (Å²) in [5.74, 6) is -0.813. The lowest BCUT2D eigenvalue weighted by molar-refractivity contribution is -0.136. The predicted octanol–water partition coefficient (Wildman–Crippen LogP) is 1.89. The highest BCUT2D eigenvalue weighted by Gasteiger charge is 2.13. The van der Waals surface area contributed by atoms with Gasteiger partial charge >= 0.3 is 5.97 Å². The van der Waals surface area contributed by atoms with Crippen LogP contribution in [0.2, 0.25) is 0 Å². The summed E-state index contributed by atoms with van der Waals surface area (Å²) < 4.78 is 1.95. The first-order valence-electron chi connectivity index (χ1n) is 6.99. The van der Waals surface area contributed by atoms with Crippen LogP contribution in [0, 0.1) is 13.8 Å². The molecule has 21 heavy (non-hydrogen) atoms. The first kappa shape index (κ1) is 15.3. The Morgan fingerprint density at radius 2 is 1.95 bits per heavy atom. The van der Waals surface area contributed by atoms with Gasteiger partial charge in [0.15, 0.2) is 0 Å². The molecule has 0 saturated heterocycles. The van der Waals surface area contributed by atoms with Crippen LogP contribution in [-0.4, -0.2) is 27.9 Å². The molecule has 1 heterocycles. The zero-order valence-corrected chi connectivity index (χ0v) is 12.7. The third-order valence-electron chi connectivity index (χ3n) is 3.67. The van der Waals surface area contributed by atoms with Gasteiger partial charge in [-0.2, -0.15) is 5.10 Å². The summed E-state index contributed by atoms with van der Waals surface area (Å²) in [5, 5.41) is 16.7. The highest BCUT2D eigenvalue weighted by Crippen LogP contribution is 2.17. The number of hydrogen-bond donors (Lipinski definition) is 2. The summed E-state index contributed by atoms with van der Waals surface area (Å²) in [6.07, 6.45) is 0.0405. The van der Waals surface area contributed by atoms with Crippen LogP contribution in [0.5, 0.6) is 0 Å². The minimum absolute atomic E-state index is 0.0405. The van der Waals surface area contributed by atoms with E-state index < -0.39 is 5.97 Å². The largest absolute Gasteiger partial charge is 0.481 e. The van der Waals surface area contributed by atoms with Crippen molar-refractivity contribution in [3.8, 4) is 0 Å². The number of aryl methyl sites for hydroxylation is 1. The number of aromatic nitrogens is 2. The quantitative estimate of drug-likeness (QED) is 0.851. The Morgan fingerprint density at radius 3 is 2.57 bits per heavy atom. The molecule has 0 aliphatic rings. The first-order chi connectivity index (χ1) is 10.0. The number of rotatable bonds is 6.